The Hall–Kier alpha value is -2.90. The molecule has 0 radical (unpaired) electrons. The van der Waals surface area contributed by atoms with Gasteiger partial charge in [-0.1, -0.05) is 26.3 Å². The van der Waals surface area contributed by atoms with Crippen LogP contribution in [0.4, 0.5) is 0 Å². The predicted molar refractivity (Wildman–Crippen MR) is 105 cm³/mol. The Morgan fingerprint density at radius 2 is 1.93 bits per heavy atom. The first kappa shape index (κ1) is 21.4. The van der Waals surface area contributed by atoms with Gasteiger partial charge in [0.25, 0.3) is 5.91 Å². The maximum absolute atomic E-state index is 12.4. The van der Waals surface area contributed by atoms with Gasteiger partial charge in [-0.3, -0.25) is 14.0 Å². The summed E-state index contributed by atoms with van der Waals surface area (Å²) in [5.74, 6) is -1.62. The van der Waals surface area contributed by atoms with E-state index in [4.69, 9.17) is 5.11 Å². The minimum atomic E-state index is -1.02. The van der Waals surface area contributed by atoms with Gasteiger partial charge >= 0.3 is 5.97 Å². The van der Waals surface area contributed by atoms with Gasteiger partial charge in [-0.25, -0.2) is 9.78 Å². The number of unbranched alkanes of at least 4 members (excludes halogenated alkanes) is 2. The van der Waals surface area contributed by atoms with Crippen LogP contribution in [0.15, 0.2) is 24.4 Å². The van der Waals surface area contributed by atoms with Crippen LogP contribution in [0, 0.1) is 12.8 Å². The van der Waals surface area contributed by atoms with Crippen molar-refractivity contribution in [2.24, 2.45) is 5.92 Å². The fraction of sp³-hybridized carbons (Fsp3) is 0.500. The third-order valence-corrected chi connectivity index (χ3v) is 4.53. The average Bonchev–Trinajstić information content (AvgIpc) is 2.97. The van der Waals surface area contributed by atoms with E-state index in [1.807, 2.05) is 31.3 Å². The lowest BCUT2D eigenvalue weighted by Gasteiger charge is -2.17. The molecule has 0 saturated carbocycles. The zero-order valence-electron chi connectivity index (χ0n) is 16.6. The largest absolute Gasteiger partial charge is 0.480 e. The second kappa shape index (κ2) is 9.87. The van der Waals surface area contributed by atoms with Crippen molar-refractivity contribution in [3.05, 3.63) is 35.8 Å². The standard InChI is InChI=1S/C20H28N4O4/c1-13(2)17(20(27)28)23-16(25)10-5-4-7-11-21-19(26)18-14(3)22-15-9-6-8-12-24(15)18/h6,8-9,12-13,17H,4-5,7,10-11H2,1-3H3,(H,21,26)(H,23,25)(H,27,28). The first-order chi connectivity index (χ1) is 13.3. The van der Waals surface area contributed by atoms with E-state index in [2.05, 4.69) is 15.6 Å². The molecule has 152 valence electrons. The molecule has 1 unspecified atom stereocenters. The van der Waals surface area contributed by atoms with Crippen molar-refractivity contribution in [2.45, 2.75) is 52.5 Å². The van der Waals surface area contributed by atoms with Crippen LogP contribution in [0.2, 0.25) is 0 Å². The highest BCUT2D eigenvalue weighted by Gasteiger charge is 2.23. The summed E-state index contributed by atoms with van der Waals surface area (Å²) in [7, 11) is 0. The van der Waals surface area contributed by atoms with Crippen LogP contribution >= 0.6 is 0 Å². The number of hydrogen-bond donors (Lipinski definition) is 3. The molecule has 0 aromatic carbocycles. The summed E-state index contributed by atoms with van der Waals surface area (Å²) in [5, 5.41) is 14.5. The number of carbonyl (C=O) groups excluding carboxylic acids is 2. The summed E-state index contributed by atoms with van der Waals surface area (Å²) in [4.78, 5) is 39.8. The molecule has 0 fully saturated rings. The number of fused-ring (bicyclic) bond motifs is 1. The molecule has 0 aliphatic rings. The zero-order valence-corrected chi connectivity index (χ0v) is 16.6. The molecule has 2 heterocycles. The molecule has 2 aromatic rings. The van der Waals surface area contributed by atoms with Gasteiger partial charge in [-0.15, -0.1) is 0 Å². The lowest BCUT2D eigenvalue weighted by molar-refractivity contribution is -0.143. The van der Waals surface area contributed by atoms with E-state index >= 15 is 0 Å². The topological polar surface area (TPSA) is 113 Å². The van der Waals surface area contributed by atoms with Crippen molar-refractivity contribution < 1.29 is 19.5 Å². The number of rotatable bonds is 10. The molecular formula is C20H28N4O4. The van der Waals surface area contributed by atoms with E-state index in [1.54, 1.807) is 18.2 Å². The molecule has 3 N–H and O–H groups in total. The summed E-state index contributed by atoms with van der Waals surface area (Å²) in [6, 6.07) is 4.72. The molecule has 0 spiro atoms. The van der Waals surface area contributed by atoms with Crippen molar-refractivity contribution in [1.82, 2.24) is 20.0 Å². The smallest absolute Gasteiger partial charge is 0.326 e. The number of aromatic nitrogens is 2. The van der Waals surface area contributed by atoms with Crippen molar-refractivity contribution in [1.29, 1.82) is 0 Å². The number of aliphatic carboxylic acids is 1. The minimum absolute atomic E-state index is 0.167. The Kier molecular flexibility index (Phi) is 7.54. The number of carboxylic acids is 1. The molecule has 0 saturated heterocycles. The third-order valence-electron chi connectivity index (χ3n) is 4.53. The number of carboxylic acid groups (broad SMARTS) is 1. The zero-order chi connectivity index (χ0) is 20.7. The van der Waals surface area contributed by atoms with E-state index in [0.717, 1.165) is 18.5 Å². The number of carbonyl (C=O) groups is 3. The monoisotopic (exact) mass is 388 g/mol. The second-order valence-electron chi connectivity index (χ2n) is 7.17. The second-order valence-corrected chi connectivity index (χ2v) is 7.17. The van der Waals surface area contributed by atoms with Gasteiger partial charge in [0.1, 0.15) is 17.4 Å². The summed E-state index contributed by atoms with van der Waals surface area (Å²) >= 11 is 0. The van der Waals surface area contributed by atoms with Gasteiger partial charge in [0.2, 0.25) is 5.91 Å². The van der Waals surface area contributed by atoms with Gasteiger partial charge in [0, 0.05) is 19.2 Å². The van der Waals surface area contributed by atoms with Gasteiger partial charge in [0.15, 0.2) is 0 Å². The minimum Gasteiger partial charge on any atom is -0.480 e. The normalized spacial score (nSPS) is 12.1. The van der Waals surface area contributed by atoms with Crippen LogP contribution in [0.5, 0.6) is 0 Å². The van der Waals surface area contributed by atoms with Crippen molar-refractivity contribution in [3.63, 3.8) is 0 Å². The molecule has 0 bridgehead atoms. The maximum Gasteiger partial charge on any atom is 0.326 e. The van der Waals surface area contributed by atoms with Crippen LogP contribution in [0.1, 0.15) is 55.7 Å². The third kappa shape index (κ3) is 5.55. The highest BCUT2D eigenvalue weighted by molar-refractivity contribution is 5.94. The summed E-state index contributed by atoms with van der Waals surface area (Å²) in [6.45, 7) is 5.83. The number of nitrogens with zero attached hydrogens (tertiary/aromatic N) is 2. The number of nitrogens with one attached hydrogen (secondary N) is 2. The highest BCUT2D eigenvalue weighted by Crippen LogP contribution is 2.11. The molecular weight excluding hydrogens is 360 g/mol. The van der Waals surface area contributed by atoms with Gasteiger partial charge in [-0.2, -0.15) is 0 Å². The lowest BCUT2D eigenvalue weighted by Crippen LogP contribution is -2.44. The number of imidazole rings is 1. The maximum atomic E-state index is 12.4. The first-order valence-electron chi connectivity index (χ1n) is 9.55. The van der Waals surface area contributed by atoms with E-state index in [0.29, 0.717) is 24.4 Å². The lowest BCUT2D eigenvalue weighted by atomic mass is 10.0. The Labute approximate surface area is 164 Å². The molecule has 28 heavy (non-hydrogen) atoms. The average molecular weight is 388 g/mol. The van der Waals surface area contributed by atoms with Gasteiger partial charge in [0.05, 0.1) is 5.69 Å². The Morgan fingerprint density at radius 3 is 2.61 bits per heavy atom. The predicted octanol–water partition coefficient (Wildman–Crippen LogP) is 2.16. The van der Waals surface area contributed by atoms with Crippen LogP contribution in [0.25, 0.3) is 5.65 Å². The van der Waals surface area contributed by atoms with Crippen molar-refractivity contribution in [2.75, 3.05) is 6.54 Å². The van der Waals surface area contributed by atoms with E-state index < -0.39 is 12.0 Å². The van der Waals surface area contributed by atoms with Crippen LogP contribution in [-0.4, -0.2) is 44.9 Å². The van der Waals surface area contributed by atoms with Crippen molar-refractivity contribution in [3.8, 4) is 0 Å². The molecule has 0 aliphatic carbocycles. The van der Waals surface area contributed by atoms with Gasteiger partial charge < -0.3 is 15.7 Å². The summed E-state index contributed by atoms with van der Waals surface area (Å²) in [6.07, 6.45) is 4.22. The number of hydrogen-bond acceptors (Lipinski definition) is 4. The van der Waals surface area contributed by atoms with E-state index in [-0.39, 0.29) is 24.2 Å². The molecule has 2 aromatic heterocycles. The summed E-state index contributed by atoms with van der Waals surface area (Å²) < 4.78 is 1.77. The number of aryl methyl sites for hydroxylation is 1. The molecule has 2 rings (SSSR count). The van der Waals surface area contributed by atoms with E-state index in [1.165, 1.54) is 0 Å². The molecule has 8 nitrogen and oxygen atoms in total. The van der Waals surface area contributed by atoms with Crippen LogP contribution in [0.3, 0.4) is 0 Å². The molecule has 2 amide bonds. The number of pyridine rings is 1. The Morgan fingerprint density at radius 1 is 1.18 bits per heavy atom. The van der Waals surface area contributed by atoms with Crippen LogP contribution < -0.4 is 10.6 Å². The summed E-state index contributed by atoms with van der Waals surface area (Å²) in [5.41, 5.74) is 1.94. The highest BCUT2D eigenvalue weighted by atomic mass is 16.4. The number of amides is 2. The Bertz CT molecular complexity index is 844. The molecule has 8 heteroatoms. The van der Waals surface area contributed by atoms with E-state index in [9.17, 15) is 14.4 Å². The molecule has 1 atom stereocenters. The van der Waals surface area contributed by atoms with Crippen molar-refractivity contribution >= 4 is 23.4 Å². The fourth-order valence-electron chi connectivity index (χ4n) is 3.02. The fourth-order valence-corrected chi connectivity index (χ4v) is 3.02. The van der Waals surface area contributed by atoms with Gasteiger partial charge in [-0.05, 0) is 37.8 Å². The Balaban J connectivity index is 1.70. The SMILES string of the molecule is Cc1nc2ccccn2c1C(=O)NCCCCCC(=O)NC(C(=O)O)C(C)C. The molecule has 0 aliphatic heterocycles. The quantitative estimate of drug-likeness (QED) is 0.540. The first-order valence-corrected chi connectivity index (χ1v) is 9.55. The van der Waals surface area contributed by atoms with Crippen LogP contribution in [-0.2, 0) is 9.59 Å².